The summed E-state index contributed by atoms with van der Waals surface area (Å²) in [4.78, 5) is 11.7. The Morgan fingerprint density at radius 1 is 1.41 bits per heavy atom. The quantitative estimate of drug-likeness (QED) is 0.821. The minimum absolute atomic E-state index is 0.164. The van der Waals surface area contributed by atoms with Gasteiger partial charge in [0.1, 0.15) is 0 Å². The maximum absolute atomic E-state index is 11.7. The Balaban J connectivity index is 2.20. The van der Waals surface area contributed by atoms with E-state index in [0.29, 0.717) is 12.8 Å². The van der Waals surface area contributed by atoms with Crippen molar-refractivity contribution in [2.24, 2.45) is 0 Å². The Labute approximate surface area is 108 Å². The number of nitrogen functional groups attached to an aromatic ring is 1. The first-order chi connectivity index (χ1) is 7.90. The number of hydrogen-bond acceptors (Lipinski definition) is 4. The number of carbonyl (C=O) groups is 1. The topological polar surface area (TPSA) is 89.3 Å². The van der Waals surface area contributed by atoms with Crippen LogP contribution in [0.1, 0.15) is 23.2 Å². The highest BCUT2D eigenvalue weighted by molar-refractivity contribution is 9.10. The van der Waals surface area contributed by atoms with E-state index in [1.807, 2.05) is 4.72 Å². The molecule has 7 heteroatoms. The van der Waals surface area contributed by atoms with Crippen LogP contribution < -0.4 is 10.5 Å². The normalized spacial score (nSPS) is 15.6. The first kappa shape index (κ1) is 12.4. The van der Waals surface area contributed by atoms with E-state index in [4.69, 9.17) is 5.73 Å². The second-order valence-corrected chi connectivity index (χ2v) is 6.78. The standard InChI is InChI=1S/C10H11BrN2O3S/c11-6-1-4-8(9(12)5-6)10(14)13-17(15,16)7-2-3-7/h1,4-5,7H,2-3,12H2,(H,13,14). The van der Waals surface area contributed by atoms with E-state index >= 15 is 0 Å². The zero-order valence-electron chi connectivity index (χ0n) is 8.81. The van der Waals surface area contributed by atoms with Crippen molar-refractivity contribution >= 4 is 37.5 Å². The Bertz CT molecular complexity index is 567. The average molecular weight is 319 g/mol. The van der Waals surface area contributed by atoms with Crippen molar-refractivity contribution in [3.63, 3.8) is 0 Å². The lowest BCUT2D eigenvalue weighted by Gasteiger charge is -2.07. The third-order valence-corrected chi connectivity index (χ3v) is 4.77. The number of rotatable bonds is 3. The van der Waals surface area contributed by atoms with E-state index in [2.05, 4.69) is 15.9 Å². The summed E-state index contributed by atoms with van der Waals surface area (Å²) < 4.78 is 25.9. The fraction of sp³-hybridized carbons (Fsp3) is 0.300. The highest BCUT2D eigenvalue weighted by Crippen LogP contribution is 2.28. The van der Waals surface area contributed by atoms with Crippen LogP contribution in [0, 0.1) is 0 Å². The summed E-state index contributed by atoms with van der Waals surface area (Å²) in [7, 11) is -3.53. The number of hydrogen-bond donors (Lipinski definition) is 2. The van der Waals surface area contributed by atoms with Crippen LogP contribution in [0.3, 0.4) is 0 Å². The van der Waals surface area contributed by atoms with E-state index in [0.717, 1.165) is 4.47 Å². The molecule has 2 rings (SSSR count). The summed E-state index contributed by atoms with van der Waals surface area (Å²) in [5.41, 5.74) is 6.05. The fourth-order valence-corrected chi connectivity index (χ4v) is 3.06. The molecule has 0 aliphatic heterocycles. The van der Waals surface area contributed by atoms with Crippen molar-refractivity contribution in [2.45, 2.75) is 18.1 Å². The van der Waals surface area contributed by atoms with Gasteiger partial charge < -0.3 is 5.73 Å². The molecule has 0 aromatic heterocycles. The first-order valence-electron chi connectivity index (χ1n) is 5.01. The minimum Gasteiger partial charge on any atom is -0.398 e. The number of amides is 1. The predicted octanol–water partition coefficient (Wildman–Crippen LogP) is 1.25. The molecule has 0 radical (unpaired) electrons. The van der Waals surface area contributed by atoms with Crippen LogP contribution in [0.5, 0.6) is 0 Å². The van der Waals surface area contributed by atoms with Gasteiger partial charge in [-0.15, -0.1) is 0 Å². The first-order valence-corrected chi connectivity index (χ1v) is 7.35. The molecule has 0 atom stereocenters. The Kier molecular flexibility index (Phi) is 3.13. The van der Waals surface area contributed by atoms with Crippen LogP contribution in [0.2, 0.25) is 0 Å². The van der Waals surface area contributed by atoms with Crippen molar-refractivity contribution in [1.29, 1.82) is 0 Å². The second kappa shape index (κ2) is 4.30. The van der Waals surface area contributed by atoms with Crippen LogP contribution in [0.15, 0.2) is 22.7 Å². The second-order valence-electron chi connectivity index (χ2n) is 3.91. The number of nitrogens with two attached hydrogens (primary N) is 1. The summed E-state index contributed by atoms with van der Waals surface area (Å²) in [6, 6.07) is 4.67. The molecule has 0 bridgehead atoms. The number of anilines is 1. The third kappa shape index (κ3) is 2.78. The van der Waals surface area contributed by atoms with Crippen LogP contribution in [0.4, 0.5) is 5.69 Å². The van der Waals surface area contributed by atoms with Crippen LogP contribution in [-0.2, 0) is 10.0 Å². The highest BCUT2D eigenvalue weighted by atomic mass is 79.9. The molecular weight excluding hydrogens is 308 g/mol. The summed E-state index contributed by atoms with van der Waals surface area (Å²) >= 11 is 3.21. The number of nitrogens with one attached hydrogen (secondary N) is 1. The van der Waals surface area contributed by atoms with Crippen LogP contribution in [0.25, 0.3) is 0 Å². The van der Waals surface area contributed by atoms with E-state index in [1.54, 1.807) is 12.1 Å². The molecule has 0 heterocycles. The molecule has 1 fully saturated rings. The van der Waals surface area contributed by atoms with Gasteiger partial charge >= 0.3 is 0 Å². The molecule has 1 aromatic carbocycles. The Hall–Kier alpha value is -1.08. The summed E-state index contributed by atoms with van der Waals surface area (Å²) in [6.07, 6.45) is 1.22. The van der Waals surface area contributed by atoms with E-state index in [1.165, 1.54) is 6.07 Å². The largest absolute Gasteiger partial charge is 0.398 e. The predicted molar refractivity (Wildman–Crippen MR) is 68.0 cm³/mol. The molecule has 1 amide bonds. The molecule has 92 valence electrons. The molecule has 17 heavy (non-hydrogen) atoms. The third-order valence-electron chi connectivity index (χ3n) is 2.46. The van der Waals surface area contributed by atoms with Crippen LogP contribution >= 0.6 is 15.9 Å². The van der Waals surface area contributed by atoms with Crippen molar-refractivity contribution in [1.82, 2.24) is 4.72 Å². The van der Waals surface area contributed by atoms with Crippen molar-refractivity contribution in [3.8, 4) is 0 Å². The van der Waals surface area contributed by atoms with Crippen molar-refractivity contribution in [2.75, 3.05) is 5.73 Å². The minimum atomic E-state index is -3.53. The SMILES string of the molecule is Nc1cc(Br)ccc1C(=O)NS(=O)(=O)C1CC1. The van der Waals surface area contributed by atoms with Crippen molar-refractivity contribution in [3.05, 3.63) is 28.2 Å². The Morgan fingerprint density at radius 2 is 2.06 bits per heavy atom. The fourth-order valence-electron chi connectivity index (χ4n) is 1.39. The van der Waals surface area contributed by atoms with Gasteiger partial charge in [-0.1, -0.05) is 15.9 Å². The van der Waals surface area contributed by atoms with Gasteiger partial charge in [0.05, 0.1) is 10.8 Å². The number of carbonyl (C=O) groups excluding carboxylic acids is 1. The van der Waals surface area contributed by atoms with Crippen molar-refractivity contribution < 1.29 is 13.2 Å². The monoisotopic (exact) mass is 318 g/mol. The molecule has 1 aliphatic rings. The van der Waals surface area contributed by atoms with Gasteiger partial charge in [-0.2, -0.15) is 0 Å². The zero-order valence-corrected chi connectivity index (χ0v) is 11.2. The summed E-state index contributed by atoms with van der Waals surface area (Å²) in [6.45, 7) is 0. The van der Waals surface area contributed by atoms with E-state index in [9.17, 15) is 13.2 Å². The molecule has 1 aliphatic carbocycles. The maximum atomic E-state index is 11.7. The summed E-state index contributed by atoms with van der Waals surface area (Å²) in [5.74, 6) is -0.679. The van der Waals surface area contributed by atoms with E-state index in [-0.39, 0.29) is 11.3 Å². The summed E-state index contributed by atoms with van der Waals surface area (Å²) in [5, 5.41) is -0.428. The lowest BCUT2D eigenvalue weighted by molar-refractivity contribution is 0.0982. The number of sulfonamides is 1. The van der Waals surface area contributed by atoms with Gasteiger partial charge in [0.15, 0.2) is 0 Å². The van der Waals surface area contributed by atoms with Gasteiger partial charge in [0.2, 0.25) is 10.0 Å². The highest BCUT2D eigenvalue weighted by Gasteiger charge is 2.37. The van der Waals surface area contributed by atoms with Gasteiger partial charge in [0, 0.05) is 10.2 Å². The lowest BCUT2D eigenvalue weighted by atomic mass is 10.2. The van der Waals surface area contributed by atoms with Gasteiger partial charge in [-0.3, -0.25) is 4.79 Å². The number of halogens is 1. The Morgan fingerprint density at radius 3 is 2.59 bits per heavy atom. The molecule has 5 nitrogen and oxygen atoms in total. The smallest absolute Gasteiger partial charge is 0.266 e. The zero-order chi connectivity index (χ0) is 12.6. The van der Waals surface area contributed by atoms with Crippen LogP contribution in [-0.4, -0.2) is 19.6 Å². The molecule has 0 unspecified atom stereocenters. The van der Waals surface area contributed by atoms with E-state index < -0.39 is 21.2 Å². The average Bonchev–Trinajstić information content (AvgIpc) is 2.98. The number of benzene rings is 1. The molecule has 3 N–H and O–H groups in total. The molecular formula is C10H11BrN2O3S. The molecule has 1 saturated carbocycles. The molecule has 0 saturated heterocycles. The molecule has 1 aromatic rings. The van der Waals surface area contributed by atoms with Gasteiger partial charge in [0.25, 0.3) is 5.91 Å². The molecule has 0 spiro atoms. The van der Waals surface area contributed by atoms with Gasteiger partial charge in [-0.05, 0) is 31.0 Å². The van der Waals surface area contributed by atoms with Gasteiger partial charge in [-0.25, -0.2) is 13.1 Å². The maximum Gasteiger partial charge on any atom is 0.266 e. The lowest BCUT2D eigenvalue weighted by Crippen LogP contribution is -2.33.